The Kier molecular flexibility index (Phi) is 6.32. The predicted molar refractivity (Wildman–Crippen MR) is 127 cm³/mol. The fourth-order valence-corrected chi connectivity index (χ4v) is 3.84. The van der Waals surface area contributed by atoms with Crippen molar-refractivity contribution >= 4 is 23.5 Å². The molecule has 0 aromatic carbocycles. The van der Waals surface area contributed by atoms with Crippen molar-refractivity contribution in [2.75, 3.05) is 7.05 Å². The Hall–Kier alpha value is -3.82. The molecule has 0 aliphatic heterocycles. The van der Waals surface area contributed by atoms with Gasteiger partial charge >= 0.3 is 0 Å². The van der Waals surface area contributed by atoms with E-state index in [1.165, 1.54) is 16.8 Å². The summed E-state index contributed by atoms with van der Waals surface area (Å²) in [6.07, 6.45) is 10.0. The summed E-state index contributed by atoms with van der Waals surface area (Å²) in [7, 11) is 3.63. The number of carbonyl (C=O) groups excluding carboxylic acids is 2. The molecule has 10 heteroatoms. The van der Waals surface area contributed by atoms with Crippen molar-refractivity contribution in [2.24, 2.45) is 13.0 Å². The third-order valence-electron chi connectivity index (χ3n) is 5.69. The van der Waals surface area contributed by atoms with E-state index in [1.807, 2.05) is 43.9 Å². The second kappa shape index (κ2) is 9.20. The molecule has 3 heterocycles. The second-order valence-corrected chi connectivity index (χ2v) is 9.30. The van der Waals surface area contributed by atoms with Gasteiger partial charge in [-0.05, 0) is 36.5 Å². The number of amides is 2. The summed E-state index contributed by atoms with van der Waals surface area (Å²) >= 11 is 0. The monoisotopic (exact) mass is 466 g/mol. The molecule has 3 aromatic rings. The summed E-state index contributed by atoms with van der Waals surface area (Å²) in [6.45, 7) is 4.74. The van der Waals surface area contributed by atoms with Gasteiger partial charge in [0.15, 0.2) is 5.56 Å². The first-order valence-electron chi connectivity index (χ1n) is 11.3. The Morgan fingerprint density at radius 2 is 2.09 bits per heavy atom. The smallest absolute Gasteiger partial charge is 0.291 e. The first kappa shape index (κ1) is 23.3. The number of aryl methyl sites for hydroxylation is 1. The maximum absolute atomic E-state index is 13.1. The number of carbonyl (C=O) groups is 2. The Labute approximate surface area is 197 Å². The minimum Gasteiger partial charge on any atom is -0.494 e. The molecule has 0 spiro atoms. The van der Waals surface area contributed by atoms with E-state index in [1.54, 1.807) is 18.0 Å². The van der Waals surface area contributed by atoms with Crippen LogP contribution in [0.2, 0.25) is 0 Å². The van der Waals surface area contributed by atoms with Crippen LogP contribution >= 0.6 is 0 Å². The normalized spacial score (nSPS) is 13.8. The topological polar surface area (TPSA) is 114 Å². The van der Waals surface area contributed by atoms with Gasteiger partial charge in [-0.2, -0.15) is 9.61 Å². The maximum Gasteiger partial charge on any atom is 0.291 e. The van der Waals surface area contributed by atoms with Crippen molar-refractivity contribution in [2.45, 2.75) is 45.8 Å². The highest BCUT2D eigenvalue weighted by Crippen LogP contribution is 2.24. The van der Waals surface area contributed by atoms with Crippen LogP contribution in [0.25, 0.3) is 11.7 Å². The first-order chi connectivity index (χ1) is 16.2. The van der Waals surface area contributed by atoms with E-state index in [0.29, 0.717) is 24.3 Å². The number of nitrogens with one attached hydrogen (secondary N) is 1. The number of nitrogens with zero attached hydrogens (tertiary/aromatic N) is 5. The van der Waals surface area contributed by atoms with Crippen LogP contribution in [0.15, 0.2) is 35.5 Å². The molecule has 0 radical (unpaired) electrons. The Morgan fingerprint density at radius 1 is 1.35 bits per heavy atom. The van der Waals surface area contributed by atoms with Crippen molar-refractivity contribution in [3.8, 4) is 5.88 Å². The van der Waals surface area contributed by atoms with Crippen molar-refractivity contribution in [1.82, 2.24) is 29.0 Å². The number of rotatable bonds is 8. The summed E-state index contributed by atoms with van der Waals surface area (Å²) in [4.78, 5) is 40.0. The molecule has 2 amide bonds. The maximum atomic E-state index is 13.1. The fraction of sp³-hybridized carbons (Fsp3) is 0.417. The van der Waals surface area contributed by atoms with Crippen LogP contribution in [0, 0.1) is 5.92 Å². The van der Waals surface area contributed by atoms with Gasteiger partial charge in [-0.25, -0.2) is 0 Å². The van der Waals surface area contributed by atoms with E-state index in [9.17, 15) is 19.5 Å². The molecule has 0 bridgehead atoms. The van der Waals surface area contributed by atoms with Gasteiger partial charge in [0.1, 0.15) is 5.65 Å². The molecule has 10 nitrogen and oxygen atoms in total. The second-order valence-electron chi connectivity index (χ2n) is 9.30. The molecular formula is C24H30N6O4. The van der Waals surface area contributed by atoms with Crippen LogP contribution in [-0.2, 0) is 24.9 Å². The summed E-state index contributed by atoms with van der Waals surface area (Å²) in [5, 5.41) is 17.9. The zero-order valence-electron chi connectivity index (χ0n) is 19.9. The van der Waals surface area contributed by atoms with Gasteiger partial charge in [0.2, 0.25) is 11.8 Å². The van der Waals surface area contributed by atoms with Gasteiger partial charge < -0.3 is 19.9 Å². The number of fused-ring (bicyclic) bond motifs is 1. The highest BCUT2D eigenvalue weighted by Gasteiger charge is 2.29. The van der Waals surface area contributed by atoms with Crippen LogP contribution in [-0.4, -0.2) is 53.7 Å². The quantitative estimate of drug-likeness (QED) is 0.491. The lowest BCUT2D eigenvalue weighted by Gasteiger charge is -2.17. The van der Waals surface area contributed by atoms with Crippen LogP contribution in [0.5, 0.6) is 5.88 Å². The van der Waals surface area contributed by atoms with Gasteiger partial charge in [0.05, 0.1) is 6.20 Å². The molecule has 1 aliphatic rings. The Bertz CT molecular complexity index is 1330. The molecule has 2 N–H and O–H groups in total. The molecule has 180 valence electrons. The van der Waals surface area contributed by atoms with E-state index in [2.05, 4.69) is 10.4 Å². The van der Waals surface area contributed by atoms with E-state index in [-0.39, 0.29) is 23.4 Å². The van der Waals surface area contributed by atoms with Gasteiger partial charge in [0, 0.05) is 57.3 Å². The predicted octanol–water partition coefficient (Wildman–Crippen LogP) is 1.76. The molecule has 3 aromatic heterocycles. The Balaban J connectivity index is 1.68. The minimum absolute atomic E-state index is 0.0375. The first-order valence-corrected chi connectivity index (χ1v) is 11.3. The van der Waals surface area contributed by atoms with Crippen molar-refractivity contribution in [1.29, 1.82) is 0 Å². The van der Waals surface area contributed by atoms with Gasteiger partial charge in [-0.1, -0.05) is 13.8 Å². The molecule has 4 rings (SSSR count). The molecule has 1 saturated carbocycles. The Morgan fingerprint density at radius 3 is 2.71 bits per heavy atom. The van der Waals surface area contributed by atoms with Crippen LogP contribution in [0.1, 0.15) is 48.2 Å². The molecule has 1 aliphatic carbocycles. The standard InChI is InChI=1S/C24H30N6O4/c1-15(2)12-29-22-17(5-8-19(31)28(4)14-16-9-10-27(3)13-16)11-25-30(22)24(34)20(23(29)33)21(32)26-18-6-7-18/h5,8-11,13,15,18,33H,6-7,12,14H2,1-4H3,(H,26,32)/b8-5+. The van der Waals surface area contributed by atoms with E-state index >= 15 is 0 Å². The third-order valence-corrected chi connectivity index (χ3v) is 5.69. The van der Waals surface area contributed by atoms with Crippen molar-refractivity contribution < 1.29 is 14.7 Å². The lowest BCUT2D eigenvalue weighted by Crippen LogP contribution is -2.34. The van der Waals surface area contributed by atoms with Crippen molar-refractivity contribution in [3.63, 3.8) is 0 Å². The SMILES string of the molecule is CC(C)Cn1c(O)c(C(=O)NC2CC2)c(=O)n2ncc(/C=C/C(=O)N(C)Cc3ccn(C)c3)c12. The van der Waals surface area contributed by atoms with Crippen LogP contribution < -0.4 is 10.9 Å². The molecule has 1 fully saturated rings. The third kappa shape index (κ3) is 4.75. The number of hydrogen-bond donors (Lipinski definition) is 2. The average molecular weight is 467 g/mol. The molecule has 0 unspecified atom stereocenters. The highest BCUT2D eigenvalue weighted by molar-refractivity contribution is 5.97. The van der Waals surface area contributed by atoms with Crippen molar-refractivity contribution in [3.05, 3.63) is 57.8 Å². The minimum atomic E-state index is -0.696. The zero-order valence-corrected chi connectivity index (χ0v) is 19.9. The lowest BCUT2D eigenvalue weighted by atomic mass is 10.2. The number of hydrogen-bond acceptors (Lipinski definition) is 5. The van der Waals surface area contributed by atoms with Gasteiger partial charge in [-0.15, -0.1) is 0 Å². The van der Waals surface area contributed by atoms with E-state index in [0.717, 1.165) is 22.9 Å². The summed E-state index contributed by atoms with van der Waals surface area (Å²) < 4.78 is 4.54. The fourth-order valence-electron chi connectivity index (χ4n) is 3.84. The van der Waals surface area contributed by atoms with Crippen LogP contribution in [0.3, 0.4) is 0 Å². The highest BCUT2D eigenvalue weighted by atomic mass is 16.3. The molecule has 0 atom stereocenters. The van der Waals surface area contributed by atoms with Gasteiger partial charge in [-0.3, -0.25) is 19.0 Å². The molecule has 0 saturated heterocycles. The summed E-state index contributed by atoms with van der Waals surface area (Å²) in [6, 6.07) is 1.99. The largest absolute Gasteiger partial charge is 0.494 e. The molecule has 34 heavy (non-hydrogen) atoms. The summed E-state index contributed by atoms with van der Waals surface area (Å²) in [5.41, 5.74) is 0.809. The average Bonchev–Trinajstić information content (AvgIpc) is 3.32. The lowest BCUT2D eigenvalue weighted by molar-refractivity contribution is -0.125. The molecular weight excluding hydrogens is 436 g/mol. The number of aromatic hydroxyl groups is 1. The van der Waals surface area contributed by atoms with Gasteiger partial charge in [0.25, 0.3) is 11.5 Å². The van der Waals surface area contributed by atoms with Crippen LogP contribution in [0.4, 0.5) is 0 Å². The van der Waals surface area contributed by atoms with E-state index < -0.39 is 17.3 Å². The summed E-state index contributed by atoms with van der Waals surface area (Å²) in [5.74, 6) is -1.10. The van der Waals surface area contributed by atoms with E-state index in [4.69, 9.17) is 0 Å². The number of likely N-dealkylation sites (N-methyl/N-ethyl adjacent to an activating group) is 1. The number of aromatic nitrogens is 4. The zero-order chi connectivity index (χ0) is 24.6.